The van der Waals surface area contributed by atoms with Gasteiger partial charge >= 0.3 is 0 Å². The molecule has 0 spiro atoms. The van der Waals surface area contributed by atoms with E-state index in [9.17, 15) is 15.3 Å². The number of fused-ring (bicyclic) bond motifs is 5. The molecule has 0 heterocycles. The lowest BCUT2D eigenvalue weighted by Gasteiger charge is -2.50. The van der Waals surface area contributed by atoms with Crippen LogP contribution in [0, 0.1) is 17.3 Å². The predicted octanol–water partition coefficient (Wildman–Crippen LogP) is 3.10. The number of aliphatic hydroxyl groups is 2. The molecule has 4 rings (SSSR count). The highest BCUT2D eigenvalue weighted by Gasteiger charge is 2.55. The number of phenols is 1. The number of phenolic OH excluding ortho intramolecular Hbond substituents is 1. The number of rotatable bonds is 0. The van der Waals surface area contributed by atoms with Gasteiger partial charge < -0.3 is 15.3 Å². The van der Waals surface area contributed by atoms with Crippen molar-refractivity contribution in [2.75, 3.05) is 0 Å². The first kappa shape index (κ1) is 13.6. The van der Waals surface area contributed by atoms with Crippen LogP contribution in [0.5, 0.6) is 5.75 Å². The van der Waals surface area contributed by atoms with E-state index in [0.717, 1.165) is 37.7 Å². The number of benzene rings is 1. The van der Waals surface area contributed by atoms with Crippen molar-refractivity contribution < 1.29 is 15.3 Å². The van der Waals surface area contributed by atoms with Gasteiger partial charge in [-0.3, -0.25) is 0 Å². The van der Waals surface area contributed by atoms with Gasteiger partial charge in [-0.05, 0) is 78.5 Å². The molecule has 114 valence electrons. The molecule has 3 heteroatoms. The van der Waals surface area contributed by atoms with Crippen LogP contribution in [0.1, 0.15) is 62.2 Å². The van der Waals surface area contributed by atoms with Gasteiger partial charge in [0.25, 0.3) is 0 Å². The normalized spacial score (nSPS) is 44.8. The molecule has 3 nitrogen and oxygen atoms in total. The second-order valence-corrected chi connectivity index (χ2v) is 7.58. The Morgan fingerprint density at radius 3 is 2.71 bits per heavy atom. The first-order chi connectivity index (χ1) is 10.0. The van der Waals surface area contributed by atoms with Crippen LogP contribution in [-0.4, -0.2) is 21.4 Å². The molecule has 2 fully saturated rings. The Morgan fingerprint density at radius 1 is 1.10 bits per heavy atom. The van der Waals surface area contributed by atoms with E-state index < -0.39 is 6.10 Å². The van der Waals surface area contributed by atoms with Crippen LogP contribution in [0.2, 0.25) is 0 Å². The lowest BCUT2D eigenvalue weighted by atomic mass is 9.55. The molecule has 0 radical (unpaired) electrons. The molecule has 0 saturated heterocycles. The Hall–Kier alpha value is -1.06. The van der Waals surface area contributed by atoms with Crippen LogP contribution in [0.15, 0.2) is 18.2 Å². The Bertz CT molecular complexity index is 570. The number of aromatic hydroxyl groups is 1. The summed E-state index contributed by atoms with van der Waals surface area (Å²) in [6.45, 7) is 2.24. The maximum atomic E-state index is 10.5. The van der Waals surface area contributed by atoms with Crippen LogP contribution < -0.4 is 0 Å². The molecule has 3 N–H and O–H groups in total. The van der Waals surface area contributed by atoms with E-state index in [1.807, 2.05) is 6.07 Å². The molecule has 0 aromatic heterocycles. The van der Waals surface area contributed by atoms with Gasteiger partial charge in [0.05, 0.1) is 12.2 Å². The Morgan fingerprint density at radius 2 is 1.90 bits per heavy atom. The fourth-order valence-electron chi connectivity index (χ4n) is 5.55. The zero-order valence-electron chi connectivity index (χ0n) is 12.5. The van der Waals surface area contributed by atoms with Crippen LogP contribution in [-0.2, 0) is 0 Å². The van der Waals surface area contributed by atoms with Crippen molar-refractivity contribution in [1.82, 2.24) is 0 Å². The smallest absolute Gasteiger partial charge is 0.115 e. The first-order valence-electron chi connectivity index (χ1n) is 8.19. The molecule has 1 aromatic rings. The Labute approximate surface area is 125 Å². The molecule has 1 aromatic carbocycles. The van der Waals surface area contributed by atoms with Gasteiger partial charge in [-0.1, -0.05) is 13.0 Å². The van der Waals surface area contributed by atoms with Gasteiger partial charge in [0.2, 0.25) is 0 Å². The highest BCUT2D eigenvalue weighted by molar-refractivity contribution is 5.41. The van der Waals surface area contributed by atoms with E-state index in [4.69, 9.17) is 0 Å². The summed E-state index contributed by atoms with van der Waals surface area (Å²) >= 11 is 0. The summed E-state index contributed by atoms with van der Waals surface area (Å²) < 4.78 is 0. The summed E-state index contributed by atoms with van der Waals surface area (Å²) in [7, 11) is 0. The molecular formula is C18H24O3. The lowest BCUT2D eigenvalue weighted by Crippen LogP contribution is -2.44. The Kier molecular flexibility index (Phi) is 2.89. The summed E-state index contributed by atoms with van der Waals surface area (Å²) in [5.74, 6) is 1.70. The molecule has 3 aliphatic rings. The summed E-state index contributed by atoms with van der Waals surface area (Å²) in [5.41, 5.74) is 2.17. The van der Waals surface area contributed by atoms with E-state index in [1.165, 1.54) is 5.56 Å². The average molecular weight is 288 g/mol. The summed E-state index contributed by atoms with van der Waals surface area (Å²) in [6, 6.07) is 5.47. The fraction of sp³-hybridized carbons (Fsp3) is 0.667. The predicted molar refractivity (Wildman–Crippen MR) is 80.0 cm³/mol. The number of hydrogen-bond donors (Lipinski definition) is 3. The van der Waals surface area contributed by atoms with Crippen molar-refractivity contribution in [1.29, 1.82) is 0 Å². The van der Waals surface area contributed by atoms with E-state index in [1.54, 1.807) is 12.1 Å². The van der Waals surface area contributed by atoms with Crippen molar-refractivity contribution in [3.8, 4) is 5.75 Å². The SMILES string of the molecule is C[C@@]12CC[C@H]3c4ccc(O)cc4[C@H](O)C[C@@H]3[C@H]1CC[C@H]2O. The van der Waals surface area contributed by atoms with Crippen LogP contribution in [0.3, 0.4) is 0 Å². The molecule has 0 aliphatic heterocycles. The molecule has 0 unspecified atom stereocenters. The minimum Gasteiger partial charge on any atom is -0.508 e. The average Bonchev–Trinajstić information content (AvgIpc) is 2.76. The third kappa shape index (κ3) is 1.80. The second-order valence-electron chi connectivity index (χ2n) is 7.58. The third-order valence-corrected chi connectivity index (χ3v) is 6.71. The van der Waals surface area contributed by atoms with Crippen LogP contribution in [0.25, 0.3) is 0 Å². The lowest BCUT2D eigenvalue weighted by molar-refractivity contribution is -0.0372. The largest absolute Gasteiger partial charge is 0.508 e. The van der Waals surface area contributed by atoms with Crippen molar-refractivity contribution in [3.05, 3.63) is 29.3 Å². The quantitative estimate of drug-likeness (QED) is 0.687. The monoisotopic (exact) mass is 288 g/mol. The van der Waals surface area contributed by atoms with Crippen LogP contribution in [0.4, 0.5) is 0 Å². The zero-order valence-corrected chi connectivity index (χ0v) is 12.5. The fourth-order valence-corrected chi connectivity index (χ4v) is 5.55. The molecule has 3 aliphatic carbocycles. The molecular weight excluding hydrogens is 264 g/mol. The first-order valence-corrected chi connectivity index (χ1v) is 8.19. The van der Waals surface area contributed by atoms with Crippen molar-refractivity contribution in [3.63, 3.8) is 0 Å². The highest BCUT2D eigenvalue weighted by atomic mass is 16.3. The van der Waals surface area contributed by atoms with Gasteiger partial charge in [0, 0.05) is 0 Å². The Balaban J connectivity index is 1.75. The zero-order chi connectivity index (χ0) is 14.8. The van der Waals surface area contributed by atoms with E-state index in [0.29, 0.717) is 17.8 Å². The maximum absolute atomic E-state index is 10.5. The highest BCUT2D eigenvalue weighted by Crippen LogP contribution is 2.62. The van der Waals surface area contributed by atoms with E-state index in [2.05, 4.69) is 6.92 Å². The minimum atomic E-state index is -0.478. The summed E-state index contributed by atoms with van der Waals surface area (Å²) in [5, 5.41) is 30.6. The van der Waals surface area contributed by atoms with Crippen LogP contribution >= 0.6 is 0 Å². The van der Waals surface area contributed by atoms with Crippen molar-refractivity contribution in [2.45, 2.75) is 57.2 Å². The van der Waals surface area contributed by atoms with Gasteiger partial charge in [-0.2, -0.15) is 0 Å². The molecule has 21 heavy (non-hydrogen) atoms. The topological polar surface area (TPSA) is 60.7 Å². The van der Waals surface area contributed by atoms with Gasteiger partial charge in [0.1, 0.15) is 5.75 Å². The maximum Gasteiger partial charge on any atom is 0.115 e. The number of aliphatic hydroxyl groups excluding tert-OH is 2. The van der Waals surface area contributed by atoms with E-state index >= 15 is 0 Å². The second kappa shape index (κ2) is 4.47. The van der Waals surface area contributed by atoms with Crippen molar-refractivity contribution in [2.24, 2.45) is 17.3 Å². The minimum absolute atomic E-state index is 0.0370. The number of hydrogen-bond acceptors (Lipinski definition) is 3. The van der Waals surface area contributed by atoms with Crippen molar-refractivity contribution >= 4 is 0 Å². The summed E-state index contributed by atoms with van der Waals surface area (Å²) in [6.07, 6.45) is 4.25. The molecule has 2 saturated carbocycles. The standard InChI is InChI=1S/C18H24O3/c1-18-7-6-12-11-3-2-10(19)8-14(11)16(20)9-13(12)15(18)4-5-17(18)21/h2-3,8,12-13,15-17,19-21H,4-7,9H2,1H3/t12-,13-,15+,16+,17+,18+/m0/s1. The van der Waals surface area contributed by atoms with E-state index in [-0.39, 0.29) is 17.3 Å². The van der Waals surface area contributed by atoms with Gasteiger partial charge in [-0.25, -0.2) is 0 Å². The molecule has 0 bridgehead atoms. The van der Waals surface area contributed by atoms with Gasteiger partial charge in [-0.15, -0.1) is 0 Å². The summed E-state index contributed by atoms with van der Waals surface area (Å²) in [4.78, 5) is 0. The molecule has 0 amide bonds. The van der Waals surface area contributed by atoms with Gasteiger partial charge in [0.15, 0.2) is 0 Å². The third-order valence-electron chi connectivity index (χ3n) is 6.71. The molecule has 6 atom stereocenters.